The number of hydrogen-bond acceptors (Lipinski definition) is 6. The maximum Gasteiger partial charge on any atom is 0.243 e. The quantitative estimate of drug-likeness (QED) is 0.610. The van der Waals surface area contributed by atoms with Crippen molar-refractivity contribution < 1.29 is 13.2 Å². The first-order valence-corrected chi connectivity index (χ1v) is 12.5. The van der Waals surface area contributed by atoms with Gasteiger partial charge >= 0.3 is 0 Å². The fourth-order valence-electron chi connectivity index (χ4n) is 4.35. The Morgan fingerprint density at radius 3 is 2.70 bits per heavy atom. The summed E-state index contributed by atoms with van der Waals surface area (Å²) in [7, 11) is -3.50. The molecular formula is C24H25N5O3S. The summed E-state index contributed by atoms with van der Waals surface area (Å²) in [6, 6.07) is 14.2. The van der Waals surface area contributed by atoms with E-state index in [1.54, 1.807) is 34.8 Å². The van der Waals surface area contributed by atoms with Crippen LogP contribution >= 0.6 is 0 Å². The van der Waals surface area contributed by atoms with Crippen molar-refractivity contribution in [2.75, 3.05) is 23.7 Å². The number of hydrogen-bond donors (Lipinski definition) is 2. The van der Waals surface area contributed by atoms with Crippen LogP contribution in [0.25, 0.3) is 11.3 Å². The Balaban J connectivity index is 1.39. The monoisotopic (exact) mass is 463 g/mol. The van der Waals surface area contributed by atoms with Crippen LogP contribution in [0.5, 0.6) is 0 Å². The second-order valence-electron chi connectivity index (χ2n) is 8.60. The Kier molecular flexibility index (Phi) is 5.59. The lowest BCUT2D eigenvalue weighted by atomic mass is 10.0. The van der Waals surface area contributed by atoms with Crippen LogP contribution in [0.4, 0.5) is 17.3 Å². The van der Waals surface area contributed by atoms with E-state index in [4.69, 9.17) is 0 Å². The molecule has 1 atom stereocenters. The van der Waals surface area contributed by atoms with Gasteiger partial charge < -0.3 is 10.6 Å². The van der Waals surface area contributed by atoms with E-state index in [0.29, 0.717) is 42.0 Å². The number of anilines is 3. The summed E-state index contributed by atoms with van der Waals surface area (Å²) in [6.07, 6.45) is 3.80. The van der Waals surface area contributed by atoms with Gasteiger partial charge in [-0.1, -0.05) is 25.1 Å². The lowest BCUT2D eigenvalue weighted by Gasteiger charge is -2.30. The van der Waals surface area contributed by atoms with Gasteiger partial charge in [-0.05, 0) is 49.1 Å². The number of nitrogens with zero attached hydrogens (tertiary/aromatic N) is 3. The minimum absolute atomic E-state index is 0.106. The second-order valence-corrected chi connectivity index (χ2v) is 10.5. The van der Waals surface area contributed by atoms with Crippen LogP contribution in [-0.2, 0) is 21.2 Å². The summed E-state index contributed by atoms with van der Waals surface area (Å²) in [5.41, 5.74) is 3.67. The van der Waals surface area contributed by atoms with Gasteiger partial charge in [0, 0.05) is 36.1 Å². The molecule has 5 rings (SSSR count). The van der Waals surface area contributed by atoms with Crippen LogP contribution in [0.15, 0.2) is 59.6 Å². The summed E-state index contributed by atoms with van der Waals surface area (Å²) in [5, 5.41) is 6.05. The molecule has 2 N–H and O–H groups in total. The average molecular weight is 464 g/mol. The summed E-state index contributed by atoms with van der Waals surface area (Å²) < 4.78 is 27.5. The number of sulfonamides is 1. The number of carbonyl (C=O) groups is 1. The Morgan fingerprint density at radius 2 is 1.91 bits per heavy atom. The molecule has 9 heteroatoms. The molecule has 0 spiro atoms. The number of piperidine rings is 1. The number of aromatic nitrogens is 2. The first-order valence-electron chi connectivity index (χ1n) is 11.0. The molecule has 0 radical (unpaired) electrons. The van der Waals surface area contributed by atoms with Gasteiger partial charge in [0.2, 0.25) is 21.9 Å². The Labute approximate surface area is 193 Å². The van der Waals surface area contributed by atoms with Gasteiger partial charge in [-0.25, -0.2) is 18.4 Å². The van der Waals surface area contributed by atoms with Crippen molar-refractivity contribution in [1.29, 1.82) is 0 Å². The highest BCUT2D eigenvalue weighted by Gasteiger charge is 2.28. The van der Waals surface area contributed by atoms with Crippen molar-refractivity contribution >= 4 is 33.3 Å². The molecule has 0 aliphatic carbocycles. The van der Waals surface area contributed by atoms with E-state index >= 15 is 0 Å². The molecule has 1 unspecified atom stereocenters. The Morgan fingerprint density at radius 1 is 1.12 bits per heavy atom. The smallest absolute Gasteiger partial charge is 0.243 e. The predicted molar refractivity (Wildman–Crippen MR) is 127 cm³/mol. The van der Waals surface area contributed by atoms with Gasteiger partial charge in [-0.3, -0.25) is 4.79 Å². The van der Waals surface area contributed by atoms with Gasteiger partial charge in [-0.2, -0.15) is 4.31 Å². The lowest BCUT2D eigenvalue weighted by molar-refractivity contribution is -0.115. The van der Waals surface area contributed by atoms with Gasteiger partial charge in [-0.15, -0.1) is 0 Å². The minimum Gasteiger partial charge on any atom is -0.325 e. The lowest BCUT2D eigenvalue weighted by Crippen LogP contribution is -2.39. The molecule has 3 heterocycles. The molecule has 2 aliphatic rings. The van der Waals surface area contributed by atoms with Crippen molar-refractivity contribution in [2.24, 2.45) is 5.92 Å². The molecule has 3 aromatic rings. The van der Waals surface area contributed by atoms with Crippen LogP contribution in [0.3, 0.4) is 0 Å². The summed E-state index contributed by atoms with van der Waals surface area (Å²) >= 11 is 0. The zero-order valence-electron chi connectivity index (χ0n) is 18.3. The standard InChI is InChI=1S/C24H25N5O3S/c1-16-5-4-12-29(15-16)33(31,32)19-10-8-18(9-11-19)26-24-25-14-17-13-22(30)27-21-7-3-2-6-20(21)23(17)28-24/h2-3,6-11,14,16H,4-5,12-13,15H2,1H3,(H,27,30)(H,25,26,28). The molecule has 0 saturated carbocycles. The number of rotatable bonds is 4. The Hall–Kier alpha value is -3.30. The molecule has 0 bridgehead atoms. The van der Waals surface area contributed by atoms with E-state index in [-0.39, 0.29) is 17.2 Å². The normalized spacial score (nSPS) is 18.6. The number of carbonyl (C=O) groups excluding carboxylic acids is 1. The largest absolute Gasteiger partial charge is 0.325 e. The average Bonchev–Trinajstić information content (AvgIpc) is 2.95. The molecule has 1 fully saturated rings. The molecule has 1 aromatic heterocycles. The predicted octanol–water partition coefficient (Wildman–Crippen LogP) is 3.80. The first kappa shape index (κ1) is 21.5. The van der Waals surface area contributed by atoms with E-state index in [9.17, 15) is 13.2 Å². The summed E-state index contributed by atoms with van der Waals surface area (Å²) in [6.45, 7) is 3.21. The Bertz CT molecular complexity index is 1310. The molecular weight excluding hydrogens is 438 g/mol. The van der Waals surface area contributed by atoms with Crippen LogP contribution in [0.1, 0.15) is 25.3 Å². The topological polar surface area (TPSA) is 104 Å². The zero-order chi connectivity index (χ0) is 23.0. The van der Waals surface area contributed by atoms with E-state index in [2.05, 4.69) is 27.5 Å². The number of fused-ring (bicyclic) bond motifs is 3. The van der Waals surface area contributed by atoms with Crippen molar-refractivity contribution in [2.45, 2.75) is 31.1 Å². The third-order valence-electron chi connectivity index (χ3n) is 6.04. The maximum absolute atomic E-state index is 13.0. The number of nitrogens with one attached hydrogen (secondary N) is 2. The van der Waals surface area contributed by atoms with Gasteiger partial charge in [0.15, 0.2) is 0 Å². The van der Waals surface area contributed by atoms with Crippen LogP contribution in [0.2, 0.25) is 0 Å². The van der Waals surface area contributed by atoms with E-state index in [1.807, 2.05) is 24.3 Å². The molecule has 8 nitrogen and oxygen atoms in total. The highest BCUT2D eigenvalue weighted by molar-refractivity contribution is 7.89. The van der Waals surface area contributed by atoms with Gasteiger partial charge in [0.05, 0.1) is 22.7 Å². The molecule has 2 aliphatic heterocycles. The minimum atomic E-state index is -3.50. The van der Waals surface area contributed by atoms with Gasteiger partial charge in [0.1, 0.15) is 0 Å². The molecule has 1 saturated heterocycles. The van der Waals surface area contributed by atoms with Crippen molar-refractivity contribution in [3.8, 4) is 11.3 Å². The van der Waals surface area contributed by atoms with Gasteiger partial charge in [0.25, 0.3) is 0 Å². The van der Waals surface area contributed by atoms with E-state index in [0.717, 1.165) is 24.0 Å². The fraction of sp³-hybridized carbons (Fsp3) is 0.292. The van der Waals surface area contributed by atoms with E-state index in [1.165, 1.54) is 0 Å². The molecule has 2 aromatic carbocycles. The number of benzene rings is 2. The van der Waals surface area contributed by atoms with Crippen LogP contribution in [-0.4, -0.2) is 41.7 Å². The fourth-order valence-corrected chi connectivity index (χ4v) is 5.95. The molecule has 1 amide bonds. The summed E-state index contributed by atoms with van der Waals surface area (Å²) in [4.78, 5) is 21.5. The van der Waals surface area contributed by atoms with Crippen molar-refractivity contribution in [3.63, 3.8) is 0 Å². The highest BCUT2D eigenvalue weighted by atomic mass is 32.2. The highest BCUT2D eigenvalue weighted by Crippen LogP contribution is 2.33. The van der Waals surface area contributed by atoms with Crippen molar-refractivity contribution in [3.05, 3.63) is 60.3 Å². The first-order chi connectivity index (χ1) is 15.9. The number of amides is 1. The van der Waals surface area contributed by atoms with Crippen LogP contribution in [0, 0.1) is 5.92 Å². The second kappa shape index (κ2) is 8.57. The van der Waals surface area contributed by atoms with E-state index < -0.39 is 10.0 Å². The third kappa shape index (κ3) is 4.34. The van der Waals surface area contributed by atoms with Crippen molar-refractivity contribution in [1.82, 2.24) is 14.3 Å². The molecule has 33 heavy (non-hydrogen) atoms. The SMILES string of the molecule is CC1CCCN(S(=O)(=O)c2ccc(Nc3ncc4c(n3)-c3ccccc3NC(=O)C4)cc2)C1. The maximum atomic E-state index is 13.0. The zero-order valence-corrected chi connectivity index (χ0v) is 19.1. The van der Waals surface area contributed by atoms with Crippen LogP contribution < -0.4 is 10.6 Å². The number of para-hydroxylation sites is 1. The third-order valence-corrected chi connectivity index (χ3v) is 7.92. The molecule has 170 valence electrons. The summed E-state index contributed by atoms with van der Waals surface area (Å²) in [5.74, 6) is 0.638.